The minimum absolute atomic E-state index is 0.143. The third kappa shape index (κ3) is 4.87. The summed E-state index contributed by atoms with van der Waals surface area (Å²) >= 11 is 0. The first-order valence-electron chi connectivity index (χ1n) is 7.45. The molecular weight excluding hydrogens is 318 g/mol. The van der Waals surface area contributed by atoms with Gasteiger partial charge in [-0.3, -0.25) is 0 Å². The summed E-state index contributed by atoms with van der Waals surface area (Å²) < 4.78 is 36.1. The number of unbranched alkanes of at least 4 members (excludes halogenated alkanes) is 1. The van der Waals surface area contributed by atoms with Crippen molar-refractivity contribution in [1.82, 2.24) is 0 Å². The smallest absolute Gasteiger partial charge is 0.343 e. The molecule has 0 heterocycles. The van der Waals surface area contributed by atoms with E-state index in [1.54, 1.807) is 0 Å². The topological polar surface area (TPSA) is 52.6 Å². The molecule has 0 saturated heterocycles. The van der Waals surface area contributed by atoms with Gasteiger partial charge in [0.2, 0.25) is 0 Å². The van der Waals surface area contributed by atoms with E-state index in [2.05, 4.69) is 0 Å². The standard InChI is InChI=1S/C18H16F2O4/c1-2-3-8-23-17(21)12-4-6-13(7-5-12)18(22)24-16-10-14(19)9-15(20)11-16/h4-7,9-11H,2-3,8H2,1H3. The Kier molecular flexibility index (Phi) is 6.01. The van der Waals surface area contributed by atoms with Crippen molar-refractivity contribution in [3.8, 4) is 5.75 Å². The maximum Gasteiger partial charge on any atom is 0.343 e. The van der Waals surface area contributed by atoms with Gasteiger partial charge in [-0.05, 0) is 30.7 Å². The van der Waals surface area contributed by atoms with Crippen LogP contribution >= 0.6 is 0 Å². The molecule has 24 heavy (non-hydrogen) atoms. The highest BCUT2D eigenvalue weighted by molar-refractivity contribution is 5.94. The van der Waals surface area contributed by atoms with E-state index in [0.29, 0.717) is 18.2 Å². The van der Waals surface area contributed by atoms with Gasteiger partial charge in [0, 0.05) is 18.2 Å². The zero-order valence-electron chi connectivity index (χ0n) is 13.1. The first kappa shape index (κ1) is 17.6. The molecule has 0 amide bonds. The molecular formula is C18H16F2O4. The summed E-state index contributed by atoms with van der Waals surface area (Å²) in [5, 5.41) is 0. The maximum absolute atomic E-state index is 13.1. The van der Waals surface area contributed by atoms with Gasteiger partial charge < -0.3 is 9.47 Å². The van der Waals surface area contributed by atoms with Crippen LogP contribution in [0.15, 0.2) is 42.5 Å². The SMILES string of the molecule is CCCCOC(=O)c1ccc(C(=O)Oc2cc(F)cc(F)c2)cc1. The Balaban J connectivity index is 2.01. The molecule has 0 unspecified atom stereocenters. The molecule has 0 atom stereocenters. The Hall–Kier alpha value is -2.76. The van der Waals surface area contributed by atoms with Crippen LogP contribution in [0, 0.1) is 11.6 Å². The number of hydrogen-bond donors (Lipinski definition) is 0. The summed E-state index contributed by atoms with van der Waals surface area (Å²) in [6.45, 7) is 2.32. The van der Waals surface area contributed by atoms with Crippen molar-refractivity contribution in [3.63, 3.8) is 0 Å². The fourth-order valence-corrected chi connectivity index (χ4v) is 1.89. The highest BCUT2D eigenvalue weighted by Gasteiger charge is 2.12. The number of hydrogen-bond acceptors (Lipinski definition) is 4. The molecule has 0 aliphatic carbocycles. The Labute approximate surface area is 138 Å². The number of halogens is 2. The van der Waals surface area contributed by atoms with Gasteiger partial charge in [0.05, 0.1) is 17.7 Å². The Morgan fingerprint density at radius 1 is 0.917 bits per heavy atom. The van der Waals surface area contributed by atoms with Gasteiger partial charge >= 0.3 is 11.9 Å². The molecule has 2 aromatic carbocycles. The van der Waals surface area contributed by atoms with Crippen LogP contribution in [0.25, 0.3) is 0 Å². The largest absolute Gasteiger partial charge is 0.462 e. The molecule has 0 aliphatic rings. The summed E-state index contributed by atoms with van der Waals surface area (Å²) in [4.78, 5) is 23.7. The molecule has 4 nitrogen and oxygen atoms in total. The van der Waals surface area contributed by atoms with E-state index in [4.69, 9.17) is 9.47 Å². The minimum atomic E-state index is -0.844. The fourth-order valence-electron chi connectivity index (χ4n) is 1.89. The second-order valence-corrected chi connectivity index (χ2v) is 5.06. The van der Waals surface area contributed by atoms with Crippen molar-refractivity contribution in [2.24, 2.45) is 0 Å². The summed E-state index contributed by atoms with van der Waals surface area (Å²) in [7, 11) is 0. The van der Waals surface area contributed by atoms with E-state index >= 15 is 0 Å². The fraction of sp³-hybridized carbons (Fsp3) is 0.222. The molecule has 0 spiro atoms. The average molecular weight is 334 g/mol. The molecule has 126 valence electrons. The van der Waals surface area contributed by atoms with Crippen LogP contribution in [0.3, 0.4) is 0 Å². The number of esters is 2. The van der Waals surface area contributed by atoms with E-state index in [1.807, 2.05) is 6.92 Å². The number of ether oxygens (including phenoxy) is 2. The molecule has 0 N–H and O–H groups in total. The summed E-state index contributed by atoms with van der Waals surface area (Å²) in [6.07, 6.45) is 1.69. The maximum atomic E-state index is 13.1. The van der Waals surface area contributed by atoms with Crippen LogP contribution in [-0.4, -0.2) is 18.5 Å². The monoisotopic (exact) mass is 334 g/mol. The van der Waals surface area contributed by atoms with Crippen molar-refractivity contribution < 1.29 is 27.8 Å². The van der Waals surface area contributed by atoms with Crippen LogP contribution in [0.1, 0.15) is 40.5 Å². The van der Waals surface area contributed by atoms with E-state index in [0.717, 1.165) is 25.0 Å². The Bertz CT molecular complexity index is 706. The van der Waals surface area contributed by atoms with Crippen molar-refractivity contribution >= 4 is 11.9 Å². The third-order valence-electron chi connectivity index (χ3n) is 3.13. The van der Waals surface area contributed by atoms with E-state index in [-0.39, 0.29) is 11.3 Å². The first-order chi connectivity index (χ1) is 11.5. The van der Waals surface area contributed by atoms with Gasteiger partial charge in [-0.15, -0.1) is 0 Å². The molecule has 0 saturated carbocycles. The predicted molar refractivity (Wildman–Crippen MR) is 82.9 cm³/mol. The lowest BCUT2D eigenvalue weighted by Crippen LogP contribution is -2.10. The van der Waals surface area contributed by atoms with E-state index in [1.165, 1.54) is 24.3 Å². The second-order valence-electron chi connectivity index (χ2n) is 5.06. The normalized spacial score (nSPS) is 10.3. The lowest BCUT2D eigenvalue weighted by atomic mass is 10.1. The summed E-state index contributed by atoms with van der Waals surface area (Å²) in [5.41, 5.74) is 0.448. The second kappa shape index (κ2) is 8.19. The molecule has 0 aliphatic heterocycles. The quantitative estimate of drug-likeness (QED) is 0.453. The molecule has 0 aromatic heterocycles. The van der Waals surface area contributed by atoms with Crippen molar-refractivity contribution in [1.29, 1.82) is 0 Å². The predicted octanol–water partition coefficient (Wildman–Crippen LogP) is 4.14. The van der Waals surface area contributed by atoms with Gasteiger partial charge in [-0.1, -0.05) is 13.3 Å². The van der Waals surface area contributed by atoms with E-state index in [9.17, 15) is 18.4 Å². The van der Waals surface area contributed by atoms with Crippen LogP contribution < -0.4 is 4.74 Å². The minimum Gasteiger partial charge on any atom is -0.462 e. The lowest BCUT2D eigenvalue weighted by Gasteiger charge is -2.06. The van der Waals surface area contributed by atoms with Crippen molar-refractivity contribution in [3.05, 3.63) is 65.2 Å². The van der Waals surface area contributed by atoms with Crippen LogP contribution in [-0.2, 0) is 4.74 Å². The molecule has 2 aromatic rings. The highest BCUT2D eigenvalue weighted by Crippen LogP contribution is 2.17. The molecule has 0 bridgehead atoms. The zero-order chi connectivity index (χ0) is 17.5. The number of carbonyl (C=O) groups is 2. The highest BCUT2D eigenvalue weighted by atomic mass is 19.1. The number of benzene rings is 2. The van der Waals surface area contributed by atoms with Crippen molar-refractivity contribution in [2.75, 3.05) is 6.61 Å². The average Bonchev–Trinajstić information content (AvgIpc) is 2.54. The molecule has 2 rings (SSSR count). The van der Waals surface area contributed by atoms with Gasteiger partial charge in [-0.2, -0.15) is 0 Å². The summed E-state index contributed by atoms with van der Waals surface area (Å²) in [6, 6.07) is 8.11. The van der Waals surface area contributed by atoms with Gasteiger partial charge in [-0.25, -0.2) is 18.4 Å². The summed E-state index contributed by atoms with van der Waals surface area (Å²) in [5.74, 6) is -3.19. The lowest BCUT2D eigenvalue weighted by molar-refractivity contribution is 0.0499. The van der Waals surface area contributed by atoms with Crippen LogP contribution in [0.2, 0.25) is 0 Å². The molecule has 6 heteroatoms. The zero-order valence-corrected chi connectivity index (χ0v) is 13.1. The van der Waals surface area contributed by atoms with Crippen molar-refractivity contribution in [2.45, 2.75) is 19.8 Å². The van der Waals surface area contributed by atoms with Gasteiger partial charge in [0.25, 0.3) is 0 Å². The Morgan fingerprint density at radius 3 is 2.00 bits per heavy atom. The molecule has 0 radical (unpaired) electrons. The first-order valence-corrected chi connectivity index (χ1v) is 7.45. The van der Waals surface area contributed by atoms with Crippen LogP contribution in [0.4, 0.5) is 8.78 Å². The number of rotatable bonds is 6. The Morgan fingerprint density at radius 2 is 1.46 bits per heavy atom. The van der Waals surface area contributed by atoms with Gasteiger partial charge in [0.1, 0.15) is 17.4 Å². The number of carbonyl (C=O) groups excluding carboxylic acids is 2. The third-order valence-corrected chi connectivity index (χ3v) is 3.13. The van der Waals surface area contributed by atoms with Gasteiger partial charge in [0.15, 0.2) is 0 Å². The van der Waals surface area contributed by atoms with E-state index < -0.39 is 23.6 Å². The van der Waals surface area contributed by atoms with Crippen LogP contribution in [0.5, 0.6) is 5.75 Å². The molecule has 0 fully saturated rings.